The number of hydrogen-bond acceptors (Lipinski definition) is 5. The minimum atomic E-state index is -2.71. The molecule has 1 atom stereocenters. The van der Waals surface area contributed by atoms with Crippen LogP contribution in [0.15, 0.2) is 28.0 Å². The number of pyridine rings is 1. The molecule has 0 bridgehead atoms. The van der Waals surface area contributed by atoms with E-state index in [4.69, 9.17) is 4.55 Å². The van der Waals surface area contributed by atoms with Gasteiger partial charge in [-0.2, -0.15) is 4.21 Å². The highest BCUT2D eigenvalue weighted by Crippen LogP contribution is 2.35. The Kier molecular flexibility index (Phi) is 2.22. The molecule has 0 spiro atoms. The standard InChI is InChI=1S/C10H6N2O5S/c13-9-5-2-1-3-7-8(5)6(4-11-7)10(14)12(9)17-18(15)16/h1-4,14H,(H,15,16). The molecule has 0 saturated heterocycles. The van der Waals surface area contributed by atoms with E-state index in [0.717, 1.165) is 0 Å². The Bertz CT molecular complexity index is 780. The van der Waals surface area contributed by atoms with Crippen LogP contribution in [0.25, 0.3) is 10.8 Å². The van der Waals surface area contributed by atoms with Gasteiger partial charge in [-0.05, 0) is 12.1 Å². The van der Waals surface area contributed by atoms with Crippen molar-refractivity contribution in [1.82, 2.24) is 4.73 Å². The summed E-state index contributed by atoms with van der Waals surface area (Å²) in [6.07, 6.45) is 1.37. The molecule has 7 nitrogen and oxygen atoms in total. The maximum atomic E-state index is 12.0. The lowest BCUT2D eigenvalue weighted by Crippen LogP contribution is -2.28. The fourth-order valence-corrected chi connectivity index (χ4v) is 2.19. The van der Waals surface area contributed by atoms with Crippen LogP contribution >= 0.6 is 0 Å². The third-order valence-electron chi connectivity index (χ3n) is 2.63. The first-order valence-electron chi connectivity index (χ1n) is 4.84. The van der Waals surface area contributed by atoms with Crippen LogP contribution in [0.4, 0.5) is 5.69 Å². The summed E-state index contributed by atoms with van der Waals surface area (Å²) < 4.78 is 24.0. The molecule has 0 fully saturated rings. The smallest absolute Gasteiger partial charge is 0.377 e. The number of aromatic hydroxyl groups is 1. The number of aromatic nitrogens is 1. The molecule has 18 heavy (non-hydrogen) atoms. The summed E-state index contributed by atoms with van der Waals surface area (Å²) in [5.74, 6) is -0.552. The molecule has 2 aromatic rings. The topological polar surface area (TPSA) is 101 Å². The molecule has 1 aromatic heterocycles. The van der Waals surface area contributed by atoms with Crippen molar-refractivity contribution in [2.75, 3.05) is 0 Å². The molecule has 8 heteroatoms. The molecule has 92 valence electrons. The molecule has 1 aliphatic rings. The Labute approximate surface area is 102 Å². The summed E-state index contributed by atoms with van der Waals surface area (Å²) >= 11 is -2.71. The van der Waals surface area contributed by atoms with Crippen LogP contribution in [-0.2, 0) is 11.4 Å². The maximum absolute atomic E-state index is 12.0. The zero-order valence-electron chi connectivity index (χ0n) is 8.73. The summed E-state index contributed by atoms with van der Waals surface area (Å²) in [5.41, 5.74) is 0.124. The van der Waals surface area contributed by atoms with Crippen molar-refractivity contribution in [2.45, 2.75) is 0 Å². The number of benzene rings is 1. The van der Waals surface area contributed by atoms with Crippen LogP contribution in [-0.4, -0.2) is 24.8 Å². The van der Waals surface area contributed by atoms with Gasteiger partial charge in [0.05, 0.1) is 16.6 Å². The molecule has 0 saturated carbocycles. The quantitative estimate of drug-likeness (QED) is 0.651. The van der Waals surface area contributed by atoms with Crippen molar-refractivity contribution in [3.8, 4) is 5.88 Å². The van der Waals surface area contributed by atoms with E-state index in [0.29, 0.717) is 15.8 Å². The fraction of sp³-hybridized carbons (Fsp3) is 0. The van der Waals surface area contributed by atoms with Gasteiger partial charge >= 0.3 is 11.4 Å². The number of hydrogen-bond donors (Lipinski definition) is 2. The van der Waals surface area contributed by atoms with Gasteiger partial charge in [-0.1, -0.05) is 10.8 Å². The van der Waals surface area contributed by atoms with E-state index in [1.165, 1.54) is 12.3 Å². The second kappa shape index (κ2) is 3.65. The van der Waals surface area contributed by atoms with Gasteiger partial charge in [0.25, 0.3) is 5.56 Å². The van der Waals surface area contributed by atoms with Crippen molar-refractivity contribution in [2.24, 2.45) is 4.99 Å². The van der Waals surface area contributed by atoms with E-state index in [9.17, 15) is 14.1 Å². The highest BCUT2D eigenvalue weighted by molar-refractivity contribution is 7.74. The molecule has 1 aromatic carbocycles. The molecule has 0 amide bonds. The van der Waals surface area contributed by atoms with E-state index in [-0.39, 0.29) is 10.9 Å². The van der Waals surface area contributed by atoms with Gasteiger partial charge in [0.2, 0.25) is 5.88 Å². The van der Waals surface area contributed by atoms with Crippen LogP contribution in [0, 0.1) is 0 Å². The second-order valence-electron chi connectivity index (χ2n) is 3.59. The number of nitrogens with zero attached hydrogens (tertiary/aromatic N) is 2. The normalized spacial score (nSPS) is 14.1. The Balaban J connectivity index is 2.46. The predicted octanol–water partition coefficient (Wildman–Crippen LogP) is 0.336. The molecular weight excluding hydrogens is 260 g/mol. The molecule has 0 aliphatic carbocycles. The van der Waals surface area contributed by atoms with Gasteiger partial charge < -0.3 is 5.11 Å². The Morgan fingerprint density at radius 2 is 2.17 bits per heavy atom. The fourth-order valence-electron chi connectivity index (χ4n) is 1.93. The van der Waals surface area contributed by atoms with Gasteiger partial charge in [0.1, 0.15) is 0 Å². The first kappa shape index (κ1) is 10.9. The average molecular weight is 266 g/mol. The third kappa shape index (κ3) is 1.36. The van der Waals surface area contributed by atoms with Gasteiger partial charge in [0, 0.05) is 11.6 Å². The van der Waals surface area contributed by atoms with Crippen LogP contribution in [0.1, 0.15) is 5.56 Å². The Morgan fingerprint density at radius 3 is 2.89 bits per heavy atom. The molecular formula is C10H6N2O5S. The van der Waals surface area contributed by atoms with Gasteiger partial charge in [-0.15, -0.1) is 0 Å². The number of aliphatic imine (C=N–C) groups is 1. The SMILES string of the molecule is O=c1c2cccc3c2c(c(O)n1OS(=O)O)C=N3. The van der Waals surface area contributed by atoms with E-state index in [2.05, 4.69) is 9.28 Å². The monoisotopic (exact) mass is 266 g/mol. The van der Waals surface area contributed by atoms with Crippen molar-refractivity contribution >= 4 is 34.0 Å². The van der Waals surface area contributed by atoms with Crippen molar-refractivity contribution in [1.29, 1.82) is 0 Å². The molecule has 1 unspecified atom stereocenters. The van der Waals surface area contributed by atoms with E-state index in [1.807, 2.05) is 0 Å². The van der Waals surface area contributed by atoms with Crippen LogP contribution in [0.2, 0.25) is 0 Å². The molecule has 2 heterocycles. The van der Waals surface area contributed by atoms with Crippen molar-refractivity contribution < 1.29 is 18.2 Å². The zero-order chi connectivity index (χ0) is 12.9. The van der Waals surface area contributed by atoms with Crippen LogP contribution in [0.5, 0.6) is 5.88 Å². The Hall–Kier alpha value is -2.19. The zero-order valence-corrected chi connectivity index (χ0v) is 9.55. The lowest BCUT2D eigenvalue weighted by atomic mass is 10.1. The predicted molar refractivity (Wildman–Crippen MR) is 64.5 cm³/mol. The highest BCUT2D eigenvalue weighted by atomic mass is 32.2. The lowest BCUT2D eigenvalue weighted by molar-refractivity contribution is 0.219. The van der Waals surface area contributed by atoms with Gasteiger partial charge in [0.15, 0.2) is 0 Å². The summed E-state index contributed by atoms with van der Waals surface area (Å²) in [5, 5.41) is 10.6. The summed E-state index contributed by atoms with van der Waals surface area (Å²) in [6, 6.07) is 4.85. The Morgan fingerprint density at radius 1 is 1.39 bits per heavy atom. The summed E-state index contributed by atoms with van der Waals surface area (Å²) in [6.45, 7) is 0. The maximum Gasteiger partial charge on any atom is 0.377 e. The lowest BCUT2D eigenvalue weighted by Gasteiger charge is -2.09. The summed E-state index contributed by atoms with van der Waals surface area (Å²) in [4.78, 5) is 16.0. The van der Waals surface area contributed by atoms with Crippen LogP contribution in [0.3, 0.4) is 0 Å². The van der Waals surface area contributed by atoms with E-state index in [1.54, 1.807) is 12.1 Å². The average Bonchev–Trinajstić information content (AvgIpc) is 2.76. The first-order chi connectivity index (χ1) is 8.59. The van der Waals surface area contributed by atoms with Crippen molar-refractivity contribution in [3.63, 3.8) is 0 Å². The molecule has 1 aliphatic heterocycles. The second-order valence-corrected chi connectivity index (χ2v) is 4.17. The van der Waals surface area contributed by atoms with E-state index < -0.39 is 22.8 Å². The first-order valence-corrected chi connectivity index (χ1v) is 5.87. The van der Waals surface area contributed by atoms with Gasteiger partial charge in [-0.3, -0.25) is 18.6 Å². The molecule has 2 N–H and O–H groups in total. The van der Waals surface area contributed by atoms with Crippen LogP contribution < -0.4 is 9.84 Å². The summed E-state index contributed by atoms with van der Waals surface area (Å²) in [7, 11) is 0. The minimum absolute atomic E-state index is 0.253. The molecule has 3 rings (SSSR count). The van der Waals surface area contributed by atoms with Crippen molar-refractivity contribution in [3.05, 3.63) is 34.1 Å². The minimum Gasteiger partial charge on any atom is -0.492 e. The largest absolute Gasteiger partial charge is 0.492 e. The van der Waals surface area contributed by atoms with Gasteiger partial charge in [-0.25, -0.2) is 0 Å². The highest BCUT2D eigenvalue weighted by Gasteiger charge is 2.22. The third-order valence-corrected chi connectivity index (χ3v) is 2.91. The number of rotatable bonds is 2. The van der Waals surface area contributed by atoms with E-state index >= 15 is 0 Å². The molecule has 0 radical (unpaired) electrons.